The van der Waals surface area contributed by atoms with Crippen LogP contribution in [-0.4, -0.2) is 95.8 Å². The molecule has 0 heterocycles. The standard InChI is InChI=1S/C37H56N4O5/c1-6-9-21-31(37(46)39-32(26-29-19-15-12-16-20-29)35(44)33(42)22-10-7-2)38-36(45)30(25-28-17-13-11-14-18-28)27-34(43)41(5)24-23-40(4)8-3/h1-2,11,13-14,17-18,29-33,35,42,44H,8-10,12,15-16,19-27H2,3-5H3,(H,38,45)(H,39,46)/t30-,31+,32+,33+,35-/m1/s1. The van der Waals surface area contributed by atoms with E-state index in [1.165, 1.54) is 6.42 Å². The van der Waals surface area contributed by atoms with Gasteiger partial charge in [-0.2, -0.15) is 0 Å². The lowest BCUT2D eigenvalue weighted by Crippen LogP contribution is -2.56. The van der Waals surface area contributed by atoms with Crippen LogP contribution in [0, 0.1) is 36.5 Å². The Morgan fingerprint density at radius 1 is 0.935 bits per heavy atom. The number of terminal acetylenes is 2. The van der Waals surface area contributed by atoms with E-state index in [0.29, 0.717) is 38.3 Å². The first-order valence-corrected chi connectivity index (χ1v) is 16.9. The Balaban J connectivity index is 2.24. The quantitative estimate of drug-likeness (QED) is 0.163. The van der Waals surface area contributed by atoms with E-state index in [1.54, 1.807) is 11.9 Å². The number of carbonyl (C=O) groups excluding carboxylic acids is 3. The third-order valence-electron chi connectivity index (χ3n) is 9.14. The average molecular weight is 637 g/mol. The minimum Gasteiger partial charge on any atom is -0.390 e. The number of carbonyl (C=O) groups is 3. The van der Waals surface area contributed by atoms with Gasteiger partial charge in [0.25, 0.3) is 0 Å². The number of hydrogen-bond acceptors (Lipinski definition) is 6. The van der Waals surface area contributed by atoms with Crippen LogP contribution in [0.1, 0.15) is 83.1 Å². The monoisotopic (exact) mass is 636 g/mol. The number of rotatable bonds is 20. The fraction of sp³-hybridized carbons (Fsp3) is 0.649. The zero-order valence-electron chi connectivity index (χ0n) is 28.1. The molecule has 4 N–H and O–H groups in total. The molecule has 9 heteroatoms. The molecule has 1 aliphatic carbocycles. The zero-order chi connectivity index (χ0) is 33.9. The average Bonchev–Trinajstić information content (AvgIpc) is 3.07. The molecule has 1 aromatic rings. The molecule has 2 rings (SSSR count). The summed E-state index contributed by atoms with van der Waals surface area (Å²) in [6, 6.07) is 7.80. The van der Waals surface area contributed by atoms with Crippen LogP contribution in [0.3, 0.4) is 0 Å². The van der Waals surface area contributed by atoms with Gasteiger partial charge in [-0.05, 0) is 50.8 Å². The number of hydrogen-bond donors (Lipinski definition) is 4. The van der Waals surface area contributed by atoms with Crippen molar-refractivity contribution >= 4 is 17.7 Å². The van der Waals surface area contributed by atoms with Gasteiger partial charge in [0, 0.05) is 39.4 Å². The highest BCUT2D eigenvalue weighted by molar-refractivity contribution is 5.91. The van der Waals surface area contributed by atoms with E-state index in [0.717, 1.165) is 37.8 Å². The normalized spacial score (nSPS) is 16.7. The molecule has 1 aliphatic rings. The molecular formula is C37H56N4O5. The summed E-state index contributed by atoms with van der Waals surface area (Å²) in [7, 11) is 3.73. The third-order valence-corrected chi connectivity index (χ3v) is 9.14. The molecule has 5 atom stereocenters. The van der Waals surface area contributed by atoms with Crippen LogP contribution in [-0.2, 0) is 20.8 Å². The first kappa shape index (κ1) is 38.8. The van der Waals surface area contributed by atoms with Gasteiger partial charge in [-0.1, -0.05) is 69.4 Å². The number of benzene rings is 1. The molecule has 0 bridgehead atoms. The van der Waals surface area contributed by atoms with Crippen molar-refractivity contribution in [3.63, 3.8) is 0 Å². The van der Waals surface area contributed by atoms with E-state index in [9.17, 15) is 24.6 Å². The van der Waals surface area contributed by atoms with Gasteiger partial charge in [0.2, 0.25) is 17.7 Å². The predicted molar refractivity (Wildman–Crippen MR) is 182 cm³/mol. The van der Waals surface area contributed by atoms with Gasteiger partial charge < -0.3 is 30.6 Å². The molecule has 0 aliphatic heterocycles. The lowest BCUT2D eigenvalue weighted by Gasteiger charge is -2.33. The van der Waals surface area contributed by atoms with Gasteiger partial charge in [0.15, 0.2) is 0 Å². The predicted octanol–water partition coefficient (Wildman–Crippen LogP) is 3.13. The number of aliphatic hydroxyl groups is 2. The summed E-state index contributed by atoms with van der Waals surface area (Å²) in [5, 5.41) is 27.6. The lowest BCUT2D eigenvalue weighted by molar-refractivity contribution is -0.137. The van der Waals surface area contributed by atoms with Crippen molar-refractivity contribution in [1.29, 1.82) is 0 Å². The first-order chi connectivity index (χ1) is 22.1. The minimum atomic E-state index is -1.21. The SMILES string of the molecule is C#CCC[C@H](NC(=O)[C@@H](CC(=O)N(C)CCN(C)CC)Cc1ccccc1)C(=O)N[C@@H](CC1CCCCC1)[C@@H](O)[C@@H](O)CCC#C. The van der Waals surface area contributed by atoms with Crippen LogP contribution in [0.2, 0.25) is 0 Å². The summed E-state index contributed by atoms with van der Waals surface area (Å²) in [5.74, 6) is 3.60. The number of amides is 3. The zero-order valence-corrected chi connectivity index (χ0v) is 28.1. The second kappa shape index (κ2) is 21.4. The van der Waals surface area contributed by atoms with E-state index in [-0.39, 0.29) is 31.6 Å². The summed E-state index contributed by atoms with van der Waals surface area (Å²) < 4.78 is 0. The molecule has 0 unspecified atom stereocenters. The Hall–Kier alpha value is -3.37. The van der Waals surface area contributed by atoms with Gasteiger partial charge in [0.1, 0.15) is 12.1 Å². The fourth-order valence-corrected chi connectivity index (χ4v) is 5.93. The Morgan fingerprint density at radius 3 is 2.22 bits per heavy atom. The summed E-state index contributed by atoms with van der Waals surface area (Å²) in [4.78, 5) is 44.6. The highest BCUT2D eigenvalue weighted by Gasteiger charge is 2.34. The Labute approximate surface area is 276 Å². The van der Waals surface area contributed by atoms with E-state index < -0.39 is 42.0 Å². The number of nitrogens with zero attached hydrogens (tertiary/aromatic N) is 2. The molecule has 9 nitrogen and oxygen atoms in total. The first-order valence-electron chi connectivity index (χ1n) is 16.9. The molecule has 254 valence electrons. The largest absolute Gasteiger partial charge is 0.390 e. The minimum absolute atomic E-state index is 0.0130. The maximum absolute atomic E-state index is 13.8. The lowest BCUT2D eigenvalue weighted by atomic mass is 9.82. The van der Waals surface area contributed by atoms with Gasteiger partial charge in [-0.25, -0.2) is 0 Å². The second-order valence-electron chi connectivity index (χ2n) is 12.8. The maximum atomic E-state index is 13.8. The molecule has 0 radical (unpaired) electrons. The summed E-state index contributed by atoms with van der Waals surface area (Å²) in [5.41, 5.74) is 0.907. The highest BCUT2D eigenvalue weighted by atomic mass is 16.3. The Bertz CT molecular complexity index is 1140. The molecular weight excluding hydrogens is 580 g/mol. The van der Waals surface area contributed by atoms with Crippen LogP contribution in [0.15, 0.2) is 30.3 Å². The number of nitrogens with one attached hydrogen (secondary N) is 2. The topological polar surface area (TPSA) is 122 Å². The molecule has 0 aromatic heterocycles. The van der Waals surface area contributed by atoms with Gasteiger partial charge in [0.05, 0.1) is 18.1 Å². The third kappa shape index (κ3) is 14.0. The van der Waals surface area contributed by atoms with Crippen LogP contribution >= 0.6 is 0 Å². The summed E-state index contributed by atoms with van der Waals surface area (Å²) >= 11 is 0. The molecule has 46 heavy (non-hydrogen) atoms. The highest BCUT2D eigenvalue weighted by Crippen LogP contribution is 2.29. The van der Waals surface area contributed by atoms with Crippen LogP contribution < -0.4 is 10.6 Å². The van der Waals surface area contributed by atoms with Gasteiger partial charge >= 0.3 is 0 Å². The van der Waals surface area contributed by atoms with Crippen molar-refractivity contribution in [3.8, 4) is 24.7 Å². The van der Waals surface area contributed by atoms with E-state index in [1.807, 2.05) is 37.4 Å². The molecule has 3 amide bonds. The Kier molecular flexibility index (Phi) is 18.1. The molecule has 0 saturated heterocycles. The second-order valence-corrected chi connectivity index (χ2v) is 12.8. The van der Waals surface area contributed by atoms with Crippen LogP contribution in [0.25, 0.3) is 0 Å². The van der Waals surface area contributed by atoms with E-state index in [4.69, 9.17) is 12.8 Å². The van der Waals surface area contributed by atoms with Crippen molar-refractivity contribution in [1.82, 2.24) is 20.4 Å². The summed E-state index contributed by atoms with van der Waals surface area (Å²) in [6.45, 7) is 4.17. The van der Waals surface area contributed by atoms with E-state index >= 15 is 0 Å². The van der Waals surface area contributed by atoms with Crippen molar-refractivity contribution < 1.29 is 24.6 Å². The van der Waals surface area contributed by atoms with E-state index in [2.05, 4.69) is 34.3 Å². The fourth-order valence-electron chi connectivity index (χ4n) is 5.93. The van der Waals surface area contributed by atoms with Crippen molar-refractivity contribution in [3.05, 3.63) is 35.9 Å². The molecule has 1 fully saturated rings. The van der Waals surface area contributed by atoms with Gasteiger partial charge in [-0.15, -0.1) is 24.7 Å². The Morgan fingerprint density at radius 2 is 1.59 bits per heavy atom. The molecule has 0 spiro atoms. The van der Waals surface area contributed by atoms with Gasteiger partial charge in [-0.3, -0.25) is 14.4 Å². The van der Waals surface area contributed by atoms with Crippen molar-refractivity contribution in [2.75, 3.05) is 33.7 Å². The number of likely N-dealkylation sites (N-methyl/N-ethyl adjacent to an activating group) is 2. The van der Waals surface area contributed by atoms with Crippen molar-refractivity contribution in [2.45, 2.75) is 108 Å². The van der Waals surface area contributed by atoms with Crippen LogP contribution in [0.5, 0.6) is 0 Å². The van der Waals surface area contributed by atoms with Crippen LogP contribution in [0.4, 0.5) is 0 Å². The number of aliphatic hydroxyl groups excluding tert-OH is 2. The summed E-state index contributed by atoms with van der Waals surface area (Å²) in [6.07, 6.45) is 15.7. The smallest absolute Gasteiger partial charge is 0.242 e. The van der Waals surface area contributed by atoms with Crippen molar-refractivity contribution in [2.24, 2.45) is 11.8 Å². The molecule has 1 aromatic carbocycles. The maximum Gasteiger partial charge on any atom is 0.242 e. The molecule has 1 saturated carbocycles.